The van der Waals surface area contributed by atoms with E-state index in [2.05, 4.69) is 40.4 Å². The second kappa shape index (κ2) is 14.2. The van der Waals surface area contributed by atoms with Crippen molar-refractivity contribution in [2.75, 3.05) is 58.1 Å². The first kappa shape index (κ1) is 32.4. The van der Waals surface area contributed by atoms with Crippen LogP contribution < -0.4 is 20.4 Å². The van der Waals surface area contributed by atoms with Gasteiger partial charge in [0.2, 0.25) is 11.2 Å². The monoisotopic (exact) mass is 727 g/mol. The maximum Gasteiger partial charge on any atom is 0.227 e. The maximum absolute atomic E-state index is 13.6. The third-order valence-electron chi connectivity index (χ3n) is 7.76. The minimum Gasteiger partial charge on any atom is -0.345 e. The van der Waals surface area contributed by atoms with Crippen LogP contribution in [0.15, 0.2) is 69.9 Å². The maximum atomic E-state index is 13.6. The number of nitrogens with zero attached hydrogens (tertiary/aromatic N) is 7. The van der Waals surface area contributed by atoms with Gasteiger partial charge in [0.15, 0.2) is 16.8 Å². The van der Waals surface area contributed by atoms with Gasteiger partial charge in [-0.05, 0) is 48.0 Å². The second-order valence-electron chi connectivity index (χ2n) is 10.9. The fraction of sp³-hybridized carbons (Fsp3) is 0.258. The van der Waals surface area contributed by atoms with E-state index in [0.29, 0.717) is 68.8 Å². The fourth-order valence-electron chi connectivity index (χ4n) is 5.54. The number of hydrogen-bond acceptors (Lipinski definition) is 12. The molecule has 1 saturated heterocycles. The lowest BCUT2D eigenvalue weighted by Gasteiger charge is -2.34. The van der Waals surface area contributed by atoms with Crippen molar-refractivity contribution in [3.63, 3.8) is 0 Å². The predicted octanol–water partition coefficient (Wildman–Crippen LogP) is 5.48. The van der Waals surface area contributed by atoms with E-state index < -0.39 is 21.6 Å². The number of benzene rings is 2. The zero-order valence-electron chi connectivity index (χ0n) is 25.2. The van der Waals surface area contributed by atoms with Crippen LogP contribution in [0.3, 0.4) is 0 Å². The summed E-state index contributed by atoms with van der Waals surface area (Å²) in [5.41, 5.74) is 2.61. The molecule has 0 saturated carbocycles. The van der Waals surface area contributed by atoms with Gasteiger partial charge in [0, 0.05) is 73.5 Å². The normalized spacial score (nSPS) is 18.1. The molecule has 3 aliphatic heterocycles. The van der Waals surface area contributed by atoms with Crippen molar-refractivity contribution in [1.82, 2.24) is 24.9 Å². The van der Waals surface area contributed by atoms with Crippen LogP contribution in [-0.2, 0) is 34.4 Å². The standard InChI is InChI=1S/C19H19FN6OS2.C12H9ClFN3OS/c20-13-2-1-3-14(12-13)22-17-16-15(4-11-29(16)27)23-18(24-17)25-6-8-26(9-7-25)19-21-5-10-28-19;13-12-16-9-4-5-19(18)10(9)11(17-12)15-8-3-1-2-7(14)6-8/h1-3,5,10,12H,4,6-9,11H2,(H,22,23,24);1-3,6H,4-5H2,(H,15,16,17). The Bertz CT molecular complexity index is 2010. The highest BCUT2D eigenvalue weighted by molar-refractivity contribution is 7.85. The minimum atomic E-state index is -1.14. The van der Waals surface area contributed by atoms with Gasteiger partial charge in [-0.15, -0.1) is 11.3 Å². The van der Waals surface area contributed by atoms with Crippen molar-refractivity contribution in [1.29, 1.82) is 0 Å². The molecule has 2 N–H and O–H groups in total. The zero-order chi connectivity index (χ0) is 33.2. The lowest BCUT2D eigenvalue weighted by atomic mass is 10.3. The van der Waals surface area contributed by atoms with Gasteiger partial charge in [-0.2, -0.15) is 9.97 Å². The van der Waals surface area contributed by atoms with Crippen LogP contribution in [0.2, 0.25) is 5.28 Å². The predicted molar refractivity (Wildman–Crippen MR) is 185 cm³/mol. The number of hydrogen-bond donors (Lipinski definition) is 2. The molecule has 48 heavy (non-hydrogen) atoms. The average molecular weight is 728 g/mol. The van der Waals surface area contributed by atoms with E-state index in [1.165, 1.54) is 24.3 Å². The van der Waals surface area contributed by atoms with Gasteiger partial charge >= 0.3 is 0 Å². The number of halogens is 3. The Hall–Kier alpha value is -4.12. The van der Waals surface area contributed by atoms with E-state index in [0.717, 1.165) is 37.0 Å². The lowest BCUT2D eigenvalue weighted by molar-refractivity contribution is 0.628. The van der Waals surface area contributed by atoms with Gasteiger partial charge in [0.25, 0.3) is 0 Å². The molecule has 2 unspecified atom stereocenters. The number of fused-ring (bicyclic) bond motifs is 2. The van der Waals surface area contributed by atoms with Crippen LogP contribution >= 0.6 is 22.9 Å². The molecular weight excluding hydrogens is 700 g/mol. The summed E-state index contributed by atoms with van der Waals surface area (Å²) < 4.78 is 51.2. The zero-order valence-corrected chi connectivity index (χ0v) is 28.4. The van der Waals surface area contributed by atoms with Crippen LogP contribution in [0.4, 0.5) is 42.9 Å². The number of thiazole rings is 1. The molecule has 11 nitrogen and oxygen atoms in total. The summed E-state index contributed by atoms with van der Waals surface area (Å²) in [4.78, 5) is 27.5. The largest absolute Gasteiger partial charge is 0.345 e. The molecule has 5 aromatic rings. The van der Waals surface area contributed by atoms with Gasteiger partial charge < -0.3 is 20.4 Å². The van der Waals surface area contributed by atoms with Crippen molar-refractivity contribution < 1.29 is 17.2 Å². The first-order valence-electron chi connectivity index (χ1n) is 15.0. The van der Waals surface area contributed by atoms with E-state index in [1.807, 2.05) is 11.6 Å². The SMILES string of the molecule is O=S1CCc2nc(Cl)nc(Nc3cccc(F)c3)c21.O=S1CCc2nc(N3CCN(c4nccs4)CC3)nc(Nc3cccc(F)c3)c21. The summed E-state index contributed by atoms with van der Waals surface area (Å²) in [6.45, 7) is 3.24. The summed E-state index contributed by atoms with van der Waals surface area (Å²) >= 11 is 7.48. The van der Waals surface area contributed by atoms with E-state index in [4.69, 9.17) is 16.6 Å². The molecule has 2 atom stereocenters. The van der Waals surface area contributed by atoms with Gasteiger partial charge in [-0.25, -0.2) is 23.7 Å². The Morgan fingerprint density at radius 3 is 1.88 bits per heavy atom. The lowest BCUT2D eigenvalue weighted by Crippen LogP contribution is -2.47. The number of rotatable bonds is 6. The summed E-state index contributed by atoms with van der Waals surface area (Å²) in [5, 5.41) is 9.21. The van der Waals surface area contributed by atoms with Crippen LogP contribution in [0, 0.1) is 11.6 Å². The van der Waals surface area contributed by atoms with Crippen molar-refractivity contribution in [3.8, 4) is 0 Å². The summed E-state index contributed by atoms with van der Waals surface area (Å²) in [6, 6.07) is 12.2. The highest BCUT2D eigenvalue weighted by atomic mass is 35.5. The first-order valence-corrected chi connectivity index (χ1v) is 18.9. The smallest absolute Gasteiger partial charge is 0.227 e. The van der Waals surface area contributed by atoms with Crippen LogP contribution in [-0.4, -0.2) is 71.0 Å². The van der Waals surface area contributed by atoms with Crippen molar-refractivity contribution >= 4 is 78.6 Å². The van der Waals surface area contributed by atoms with Crippen LogP contribution in [0.5, 0.6) is 0 Å². The second-order valence-corrected chi connectivity index (χ2v) is 15.2. The molecule has 0 aliphatic carbocycles. The Morgan fingerprint density at radius 2 is 1.31 bits per heavy atom. The van der Waals surface area contributed by atoms with Crippen molar-refractivity contribution in [3.05, 3.63) is 88.4 Å². The molecule has 0 bridgehead atoms. The molecule has 3 aliphatic rings. The van der Waals surface area contributed by atoms with Crippen LogP contribution in [0.1, 0.15) is 11.4 Å². The molecule has 6 heterocycles. The molecular formula is C31H28ClF2N9O2S3. The summed E-state index contributed by atoms with van der Waals surface area (Å²) in [5.74, 6) is 1.89. The van der Waals surface area contributed by atoms with E-state index in [-0.39, 0.29) is 16.9 Å². The van der Waals surface area contributed by atoms with Gasteiger partial charge in [-0.3, -0.25) is 8.42 Å². The number of nitrogens with one attached hydrogen (secondary N) is 2. The molecule has 0 radical (unpaired) electrons. The molecule has 8 rings (SSSR count). The molecule has 17 heteroatoms. The van der Waals surface area contributed by atoms with Crippen molar-refractivity contribution in [2.24, 2.45) is 0 Å². The Kier molecular flexibility index (Phi) is 9.57. The fourth-order valence-corrected chi connectivity index (χ4v) is 9.03. The molecule has 0 amide bonds. The molecule has 3 aromatic heterocycles. The molecule has 0 spiro atoms. The topological polar surface area (TPSA) is 129 Å². The summed E-state index contributed by atoms with van der Waals surface area (Å²) in [6.07, 6.45) is 3.09. The number of anilines is 6. The van der Waals surface area contributed by atoms with E-state index >= 15 is 0 Å². The van der Waals surface area contributed by atoms with Crippen LogP contribution in [0.25, 0.3) is 0 Å². The summed E-state index contributed by atoms with van der Waals surface area (Å²) in [7, 11) is -2.28. The highest BCUT2D eigenvalue weighted by Crippen LogP contribution is 2.33. The first-order chi connectivity index (χ1) is 23.3. The molecule has 2 aromatic carbocycles. The van der Waals surface area contributed by atoms with Crippen molar-refractivity contribution in [2.45, 2.75) is 22.6 Å². The molecule has 1 fully saturated rings. The highest BCUT2D eigenvalue weighted by Gasteiger charge is 2.29. The minimum absolute atomic E-state index is 0.0940. The van der Waals surface area contributed by atoms with E-state index in [9.17, 15) is 17.2 Å². The Morgan fingerprint density at radius 1 is 0.750 bits per heavy atom. The average Bonchev–Trinajstić information content (AvgIpc) is 3.83. The van der Waals surface area contributed by atoms with Gasteiger partial charge in [0.1, 0.15) is 21.4 Å². The third kappa shape index (κ3) is 7.16. The Labute approximate surface area is 288 Å². The number of aryl methyl sites for hydroxylation is 2. The van der Waals surface area contributed by atoms with Gasteiger partial charge in [0.05, 0.1) is 33.0 Å². The quantitative estimate of drug-likeness (QED) is 0.216. The molecule has 248 valence electrons. The Balaban J connectivity index is 0.000000166. The number of piperazine rings is 1. The van der Waals surface area contributed by atoms with E-state index in [1.54, 1.807) is 35.6 Å². The third-order valence-corrected chi connectivity index (χ3v) is 11.7. The van der Waals surface area contributed by atoms with Gasteiger partial charge in [-0.1, -0.05) is 12.1 Å². The number of aromatic nitrogens is 5.